The summed E-state index contributed by atoms with van der Waals surface area (Å²) in [6.45, 7) is 6.48. The molecule has 3 N–H and O–H groups in total. The summed E-state index contributed by atoms with van der Waals surface area (Å²) in [6.07, 6.45) is 0.298. The second kappa shape index (κ2) is 12.9. The number of halogens is 1. The Morgan fingerprint density at radius 1 is 1.32 bits per heavy atom. The molecule has 1 unspecified atom stereocenters. The van der Waals surface area contributed by atoms with E-state index < -0.39 is 6.10 Å². The van der Waals surface area contributed by atoms with Crippen LogP contribution in [0, 0.1) is 0 Å². The van der Waals surface area contributed by atoms with Crippen molar-refractivity contribution in [3.05, 3.63) is 34.9 Å². The number of guanidine groups is 1. The zero-order valence-corrected chi connectivity index (χ0v) is 16.2. The molecule has 0 fully saturated rings. The Bertz CT molecular complexity index is 514. The maximum absolute atomic E-state index is 10.3. The van der Waals surface area contributed by atoms with Gasteiger partial charge in [-0.2, -0.15) is 0 Å². The topological polar surface area (TPSA) is 69.1 Å². The number of hydrogen-bond acceptors (Lipinski definition) is 4. The van der Waals surface area contributed by atoms with Crippen LogP contribution in [-0.2, 0) is 4.74 Å². The third kappa shape index (κ3) is 9.07. The summed E-state index contributed by atoms with van der Waals surface area (Å²) in [5.41, 5.74) is 0.696. The Morgan fingerprint density at radius 3 is 2.76 bits per heavy atom. The van der Waals surface area contributed by atoms with E-state index in [0.29, 0.717) is 16.5 Å². The summed E-state index contributed by atoms with van der Waals surface area (Å²) in [5.74, 6) is 0.693. The fourth-order valence-corrected chi connectivity index (χ4v) is 2.58. The van der Waals surface area contributed by atoms with Crippen molar-refractivity contribution in [1.29, 1.82) is 0 Å². The van der Waals surface area contributed by atoms with Gasteiger partial charge in [0.1, 0.15) is 6.10 Å². The Balaban J connectivity index is 2.44. The predicted molar refractivity (Wildman–Crippen MR) is 104 cm³/mol. The van der Waals surface area contributed by atoms with Crippen LogP contribution in [0.1, 0.15) is 25.0 Å². The molecule has 0 heterocycles. The van der Waals surface area contributed by atoms with E-state index in [2.05, 4.69) is 27.6 Å². The summed E-state index contributed by atoms with van der Waals surface area (Å²) in [4.78, 5) is 6.69. The number of rotatable bonds is 11. The first-order valence-corrected chi connectivity index (χ1v) is 9.08. The highest BCUT2D eigenvalue weighted by molar-refractivity contribution is 6.31. The van der Waals surface area contributed by atoms with Gasteiger partial charge in [0.2, 0.25) is 0 Å². The van der Waals surface area contributed by atoms with Gasteiger partial charge in [-0.25, -0.2) is 0 Å². The molecule has 0 saturated carbocycles. The monoisotopic (exact) mass is 370 g/mol. The molecule has 6 nitrogen and oxygen atoms in total. The SMILES string of the molecule is CCNC(=NCC(O)c1ccccc1Cl)NCCN(C)CCCOC. The van der Waals surface area contributed by atoms with Crippen molar-refractivity contribution in [2.24, 2.45) is 4.99 Å². The molecule has 0 radical (unpaired) electrons. The van der Waals surface area contributed by atoms with E-state index in [9.17, 15) is 5.11 Å². The molecule has 0 aliphatic rings. The number of methoxy groups -OCH3 is 1. The zero-order chi connectivity index (χ0) is 18.5. The lowest BCUT2D eigenvalue weighted by Crippen LogP contribution is -2.41. The smallest absolute Gasteiger partial charge is 0.191 e. The summed E-state index contributed by atoms with van der Waals surface area (Å²) in [7, 11) is 3.81. The van der Waals surface area contributed by atoms with Crippen molar-refractivity contribution in [2.45, 2.75) is 19.4 Å². The molecule has 142 valence electrons. The molecule has 1 atom stereocenters. The number of ether oxygens (including phenoxy) is 1. The molecule has 0 saturated heterocycles. The number of likely N-dealkylation sites (N-methyl/N-ethyl adjacent to an activating group) is 1. The lowest BCUT2D eigenvalue weighted by molar-refractivity contribution is 0.180. The number of hydrogen-bond donors (Lipinski definition) is 3. The van der Waals surface area contributed by atoms with Crippen LogP contribution in [-0.4, -0.2) is 69.5 Å². The van der Waals surface area contributed by atoms with E-state index in [-0.39, 0.29) is 6.54 Å². The fraction of sp³-hybridized carbons (Fsp3) is 0.611. The second-order valence-corrected chi connectivity index (χ2v) is 6.24. The first-order chi connectivity index (χ1) is 12.1. The van der Waals surface area contributed by atoms with Crippen LogP contribution in [0.5, 0.6) is 0 Å². The van der Waals surface area contributed by atoms with Crippen LogP contribution in [0.4, 0.5) is 0 Å². The molecular weight excluding hydrogens is 340 g/mol. The van der Waals surface area contributed by atoms with E-state index in [1.165, 1.54) is 0 Å². The minimum atomic E-state index is -0.721. The Kier molecular flexibility index (Phi) is 11.2. The summed E-state index contributed by atoms with van der Waals surface area (Å²) >= 11 is 6.11. The van der Waals surface area contributed by atoms with Crippen molar-refractivity contribution >= 4 is 17.6 Å². The number of nitrogens with one attached hydrogen (secondary N) is 2. The Morgan fingerprint density at radius 2 is 2.08 bits per heavy atom. The van der Waals surface area contributed by atoms with Crippen LogP contribution in [0.3, 0.4) is 0 Å². The molecule has 25 heavy (non-hydrogen) atoms. The number of benzene rings is 1. The summed E-state index contributed by atoms with van der Waals surface area (Å²) in [5, 5.41) is 17.3. The lowest BCUT2D eigenvalue weighted by atomic mass is 10.1. The van der Waals surface area contributed by atoms with Gasteiger partial charge in [0.15, 0.2) is 5.96 Å². The quantitative estimate of drug-likeness (QED) is 0.315. The number of aliphatic imine (C=N–C) groups is 1. The molecular formula is C18H31ClN4O2. The molecule has 7 heteroatoms. The largest absolute Gasteiger partial charge is 0.386 e. The maximum atomic E-state index is 10.3. The average Bonchev–Trinajstić information content (AvgIpc) is 2.60. The van der Waals surface area contributed by atoms with Crippen molar-refractivity contribution in [3.63, 3.8) is 0 Å². The number of aliphatic hydroxyl groups is 1. The highest BCUT2D eigenvalue weighted by Gasteiger charge is 2.10. The molecule has 0 amide bonds. The van der Waals surface area contributed by atoms with Gasteiger partial charge in [0.05, 0.1) is 6.54 Å². The van der Waals surface area contributed by atoms with E-state index >= 15 is 0 Å². The summed E-state index contributed by atoms with van der Waals surface area (Å²) in [6, 6.07) is 7.29. The van der Waals surface area contributed by atoms with E-state index in [0.717, 1.165) is 39.2 Å². The lowest BCUT2D eigenvalue weighted by Gasteiger charge is -2.18. The van der Waals surface area contributed by atoms with Gasteiger partial charge >= 0.3 is 0 Å². The molecule has 1 rings (SSSR count). The first kappa shape index (κ1) is 21.7. The van der Waals surface area contributed by atoms with Gasteiger partial charge in [-0.1, -0.05) is 29.8 Å². The van der Waals surface area contributed by atoms with Crippen LogP contribution in [0.2, 0.25) is 5.02 Å². The molecule has 1 aromatic rings. The van der Waals surface area contributed by atoms with Crippen LogP contribution < -0.4 is 10.6 Å². The predicted octanol–water partition coefficient (Wildman–Crippen LogP) is 1.90. The van der Waals surface area contributed by atoms with Crippen molar-refractivity contribution < 1.29 is 9.84 Å². The third-order valence-corrected chi connectivity index (χ3v) is 4.05. The van der Waals surface area contributed by atoms with Gasteiger partial charge < -0.3 is 25.4 Å². The minimum absolute atomic E-state index is 0.253. The number of nitrogens with zero attached hydrogens (tertiary/aromatic N) is 2. The normalized spacial score (nSPS) is 13.1. The highest BCUT2D eigenvalue weighted by atomic mass is 35.5. The Labute approximate surface area is 156 Å². The standard InChI is InChI=1S/C18H31ClN4O2/c1-4-20-18(21-10-12-23(2)11-7-13-25-3)22-14-17(24)15-8-5-6-9-16(15)19/h5-6,8-9,17,24H,4,7,10-14H2,1-3H3,(H2,20,21,22). The Hall–Kier alpha value is -1.34. The van der Waals surface area contributed by atoms with Crippen molar-refractivity contribution in [1.82, 2.24) is 15.5 Å². The van der Waals surface area contributed by atoms with Crippen LogP contribution >= 0.6 is 11.6 Å². The fourth-order valence-electron chi connectivity index (χ4n) is 2.32. The van der Waals surface area contributed by atoms with E-state index in [1.54, 1.807) is 13.2 Å². The van der Waals surface area contributed by atoms with Crippen molar-refractivity contribution in [2.75, 3.05) is 53.5 Å². The van der Waals surface area contributed by atoms with E-state index in [4.69, 9.17) is 16.3 Å². The number of aliphatic hydroxyl groups excluding tert-OH is 1. The van der Waals surface area contributed by atoms with Crippen LogP contribution in [0.25, 0.3) is 0 Å². The molecule has 0 aliphatic heterocycles. The zero-order valence-electron chi connectivity index (χ0n) is 15.5. The molecule has 0 aliphatic carbocycles. The maximum Gasteiger partial charge on any atom is 0.191 e. The molecule has 0 spiro atoms. The third-order valence-electron chi connectivity index (χ3n) is 3.71. The summed E-state index contributed by atoms with van der Waals surface area (Å²) < 4.78 is 5.06. The second-order valence-electron chi connectivity index (χ2n) is 5.83. The average molecular weight is 371 g/mol. The van der Waals surface area contributed by atoms with Crippen LogP contribution in [0.15, 0.2) is 29.3 Å². The van der Waals surface area contributed by atoms with Gasteiger partial charge in [-0.05, 0) is 26.5 Å². The molecule has 1 aromatic carbocycles. The van der Waals surface area contributed by atoms with Gasteiger partial charge in [-0.3, -0.25) is 4.99 Å². The minimum Gasteiger partial charge on any atom is -0.386 e. The van der Waals surface area contributed by atoms with Gasteiger partial charge in [-0.15, -0.1) is 0 Å². The van der Waals surface area contributed by atoms with Gasteiger partial charge in [0.25, 0.3) is 0 Å². The first-order valence-electron chi connectivity index (χ1n) is 8.70. The molecule has 0 bridgehead atoms. The highest BCUT2D eigenvalue weighted by Crippen LogP contribution is 2.22. The van der Waals surface area contributed by atoms with Crippen molar-refractivity contribution in [3.8, 4) is 0 Å². The molecule has 0 aromatic heterocycles. The van der Waals surface area contributed by atoms with Gasteiger partial charge in [0, 0.05) is 50.5 Å². The van der Waals surface area contributed by atoms with E-state index in [1.807, 2.05) is 25.1 Å².